The van der Waals surface area contributed by atoms with Gasteiger partial charge in [0, 0.05) is 22.6 Å². The minimum atomic E-state index is -0.731. The fourth-order valence-electron chi connectivity index (χ4n) is 2.69. The average molecular weight is 285 g/mol. The van der Waals surface area contributed by atoms with E-state index in [1.807, 2.05) is 13.0 Å². The van der Waals surface area contributed by atoms with Crippen LogP contribution in [0.3, 0.4) is 0 Å². The van der Waals surface area contributed by atoms with E-state index in [2.05, 4.69) is 5.32 Å². The summed E-state index contributed by atoms with van der Waals surface area (Å²) >= 11 is 0. The quantitative estimate of drug-likeness (QED) is 0.838. The van der Waals surface area contributed by atoms with E-state index in [1.54, 1.807) is 6.07 Å². The highest BCUT2D eigenvalue weighted by atomic mass is 32.2. The lowest BCUT2D eigenvalue weighted by Gasteiger charge is -2.31. The smallest absolute Gasteiger partial charge is 0.129 e. The largest absolute Gasteiger partial charge is 0.462 e. The van der Waals surface area contributed by atoms with Crippen LogP contribution in [-0.2, 0) is 24.0 Å². The highest BCUT2D eigenvalue weighted by Gasteiger charge is 2.28. The maximum Gasteiger partial charge on any atom is 0.129 e. The molecular weight excluding hydrogens is 262 g/mol. The molecule has 0 amide bonds. The van der Waals surface area contributed by atoms with Crippen LogP contribution in [0.2, 0.25) is 0 Å². The van der Waals surface area contributed by atoms with Crippen molar-refractivity contribution in [2.45, 2.75) is 57.1 Å². The second-order valence-corrected chi connectivity index (χ2v) is 6.95. The van der Waals surface area contributed by atoms with Crippen LogP contribution < -0.4 is 5.32 Å². The molecule has 1 aliphatic rings. The molecule has 0 radical (unpaired) electrons. The summed E-state index contributed by atoms with van der Waals surface area (Å²) in [6.45, 7) is 2.57. The SMILES string of the molecule is CC[S@@](=O)[C@@H]1CCCC[C@@H]1NCc1ccc(CO)o1. The first-order chi connectivity index (χ1) is 9.24. The van der Waals surface area contributed by atoms with Crippen molar-refractivity contribution in [1.29, 1.82) is 0 Å². The zero-order chi connectivity index (χ0) is 13.7. The van der Waals surface area contributed by atoms with Gasteiger partial charge in [0.25, 0.3) is 0 Å². The van der Waals surface area contributed by atoms with Crippen LogP contribution in [0.5, 0.6) is 0 Å². The van der Waals surface area contributed by atoms with Crippen LogP contribution in [-0.4, -0.2) is 26.4 Å². The van der Waals surface area contributed by atoms with E-state index in [1.165, 1.54) is 12.8 Å². The third kappa shape index (κ3) is 3.91. The molecule has 4 nitrogen and oxygen atoms in total. The van der Waals surface area contributed by atoms with Gasteiger partial charge in [0.05, 0.1) is 11.8 Å². The lowest BCUT2D eigenvalue weighted by molar-refractivity contribution is 0.241. The molecule has 0 saturated heterocycles. The summed E-state index contributed by atoms with van der Waals surface area (Å²) in [4.78, 5) is 0. The van der Waals surface area contributed by atoms with Crippen LogP contribution in [0.1, 0.15) is 44.1 Å². The molecule has 1 aromatic heterocycles. The van der Waals surface area contributed by atoms with Crippen molar-refractivity contribution >= 4 is 10.8 Å². The van der Waals surface area contributed by atoms with Crippen molar-refractivity contribution in [1.82, 2.24) is 5.32 Å². The second-order valence-electron chi connectivity index (χ2n) is 5.01. The van der Waals surface area contributed by atoms with Crippen LogP contribution >= 0.6 is 0 Å². The minimum Gasteiger partial charge on any atom is -0.462 e. The molecule has 1 saturated carbocycles. The summed E-state index contributed by atoms with van der Waals surface area (Å²) in [5, 5.41) is 12.7. The van der Waals surface area contributed by atoms with E-state index in [-0.39, 0.29) is 11.9 Å². The first-order valence-corrected chi connectivity index (χ1v) is 8.41. The van der Waals surface area contributed by atoms with Crippen molar-refractivity contribution in [3.8, 4) is 0 Å². The molecule has 2 rings (SSSR count). The fourth-order valence-corrected chi connectivity index (χ4v) is 4.15. The first-order valence-electron chi connectivity index (χ1n) is 7.03. The lowest BCUT2D eigenvalue weighted by atomic mass is 9.95. The van der Waals surface area contributed by atoms with Crippen LogP contribution in [0.25, 0.3) is 0 Å². The van der Waals surface area contributed by atoms with E-state index < -0.39 is 10.8 Å². The van der Waals surface area contributed by atoms with E-state index in [0.29, 0.717) is 18.3 Å². The van der Waals surface area contributed by atoms with Crippen molar-refractivity contribution < 1.29 is 13.7 Å². The number of furan rings is 1. The summed E-state index contributed by atoms with van der Waals surface area (Å²) < 4.78 is 17.5. The number of rotatable bonds is 6. The van der Waals surface area contributed by atoms with Crippen LogP contribution in [0.15, 0.2) is 16.5 Å². The van der Waals surface area contributed by atoms with Gasteiger partial charge in [-0.1, -0.05) is 19.8 Å². The Kier molecular flexibility index (Phi) is 5.60. The molecule has 5 heteroatoms. The predicted molar refractivity (Wildman–Crippen MR) is 76.2 cm³/mol. The molecule has 0 aromatic carbocycles. The van der Waals surface area contributed by atoms with Crippen molar-refractivity contribution in [3.05, 3.63) is 23.7 Å². The van der Waals surface area contributed by atoms with Gasteiger partial charge in [-0.2, -0.15) is 0 Å². The maximum absolute atomic E-state index is 12.1. The normalized spacial score (nSPS) is 25.4. The van der Waals surface area contributed by atoms with E-state index in [4.69, 9.17) is 9.52 Å². The summed E-state index contributed by atoms with van der Waals surface area (Å²) in [6, 6.07) is 3.99. The van der Waals surface area contributed by atoms with Gasteiger partial charge in [-0.05, 0) is 25.0 Å². The number of aliphatic hydroxyl groups excluding tert-OH is 1. The average Bonchev–Trinajstić information content (AvgIpc) is 2.92. The van der Waals surface area contributed by atoms with Gasteiger partial charge in [-0.15, -0.1) is 0 Å². The highest BCUT2D eigenvalue weighted by molar-refractivity contribution is 7.85. The minimum absolute atomic E-state index is 0.0636. The molecule has 0 aliphatic heterocycles. The van der Waals surface area contributed by atoms with Gasteiger partial charge < -0.3 is 14.8 Å². The molecule has 108 valence electrons. The Morgan fingerprint density at radius 1 is 1.37 bits per heavy atom. The Balaban J connectivity index is 1.90. The fraction of sp³-hybridized carbons (Fsp3) is 0.714. The molecule has 1 heterocycles. The predicted octanol–water partition coefficient (Wildman–Crippen LogP) is 1.94. The van der Waals surface area contributed by atoms with Crippen molar-refractivity contribution in [2.75, 3.05) is 5.75 Å². The molecule has 1 fully saturated rings. The molecular formula is C14H23NO3S. The van der Waals surface area contributed by atoms with Gasteiger partial charge in [-0.3, -0.25) is 4.21 Å². The zero-order valence-corrected chi connectivity index (χ0v) is 12.2. The van der Waals surface area contributed by atoms with Crippen molar-refractivity contribution in [3.63, 3.8) is 0 Å². The monoisotopic (exact) mass is 285 g/mol. The van der Waals surface area contributed by atoms with Gasteiger partial charge in [0.2, 0.25) is 0 Å². The van der Waals surface area contributed by atoms with E-state index in [9.17, 15) is 4.21 Å². The van der Waals surface area contributed by atoms with E-state index in [0.717, 1.165) is 24.4 Å². The molecule has 0 spiro atoms. The molecule has 0 bridgehead atoms. The van der Waals surface area contributed by atoms with Gasteiger partial charge in [0.1, 0.15) is 18.1 Å². The molecule has 19 heavy (non-hydrogen) atoms. The summed E-state index contributed by atoms with van der Waals surface area (Å²) in [5.74, 6) is 2.16. The van der Waals surface area contributed by atoms with Crippen LogP contribution in [0.4, 0.5) is 0 Å². The Morgan fingerprint density at radius 3 is 2.79 bits per heavy atom. The Hall–Kier alpha value is -0.650. The van der Waals surface area contributed by atoms with Gasteiger partial charge in [-0.25, -0.2) is 0 Å². The number of hydrogen-bond donors (Lipinski definition) is 2. The molecule has 1 aromatic rings. The molecule has 3 atom stereocenters. The highest BCUT2D eigenvalue weighted by Crippen LogP contribution is 2.23. The summed E-state index contributed by atoms with van der Waals surface area (Å²) in [7, 11) is -0.731. The molecule has 1 aliphatic carbocycles. The number of aliphatic hydroxyl groups is 1. The topological polar surface area (TPSA) is 62.5 Å². The number of hydrogen-bond acceptors (Lipinski definition) is 4. The van der Waals surface area contributed by atoms with Gasteiger partial charge >= 0.3 is 0 Å². The molecule has 2 N–H and O–H groups in total. The van der Waals surface area contributed by atoms with Crippen molar-refractivity contribution in [2.24, 2.45) is 0 Å². The zero-order valence-electron chi connectivity index (χ0n) is 11.4. The van der Waals surface area contributed by atoms with E-state index >= 15 is 0 Å². The Morgan fingerprint density at radius 2 is 2.11 bits per heavy atom. The Labute approximate surface area is 117 Å². The maximum atomic E-state index is 12.1. The number of nitrogens with one attached hydrogen (secondary N) is 1. The first kappa shape index (κ1) is 14.8. The standard InChI is InChI=1S/C14H23NO3S/c1-2-19(17)14-6-4-3-5-13(14)15-9-11-7-8-12(10-16)18-11/h7-8,13-16H,2-6,9-10H2,1H3/t13-,14+,19+/m0/s1. The lowest BCUT2D eigenvalue weighted by Crippen LogP contribution is -2.44. The van der Waals surface area contributed by atoms with Crippen LogP contribution in [0, 0.1) is 0 Å². The van der Waals surface area contributed by atoms with Gasteiger partial charge in [0.15, 0.2) is 0 Å². The summed E-state index contributed by atoms with van der Waals surface area (Å²) in [5.41, 5.74) is 0. The third-order valence-corrected chi connectivity index (χ3v) is 5.54. The summed E-state index contributed by atoms with van der Waals surface area (Å²) in [6.07, 6.45) is 4.53. The third-order valence-electron chi connectivity index (χ3n) is 3.74. The second kappa shape index (κ2) is 7.22. The molecule has 0 unspecified atom stereocenters. The Bertz CT molecular complexity index is 419.